The van der Waals surface area contributed by atoms with Gasteiger partial charge in [-0.25, -0.2) is 4.98 Å². The van der Waals surface area contributed by atoms with Gasteiger partial charge in [-0.05, 0) is 12.8 Å². The number of imidazole rings is 1. The largest absolute Gasteiger partial charge is 0.395 e. The van der Waals surface area contributed by atoms with Crippen LogP contribution in [0.5, 0.6) is 0 Å². The van der Waals surface area contributed by atoms with E-state index >= 15 is 0 Å². The third kappa shape index (κ3) is 3.03. The average Bonchev–Trinajstić information content (AvgIpc) is 3.15. The summed E-state index contributed by atoms with van der Waals surface area (Å²) in [7, 11) is 0. The SMILES string of the molecule is OCC(Cn1ccnc1-c1ccccc1)NC1CC1. The van der Waals surface area contributed by atoms with Crippen molar-refractivity contribution in [1.29, 1.82) is 0 Å². The molecular weight excluding hydrogens is 238 g/mol. The molecule has 1 unspecified atom stereocenters. The number of aliphatic hydroxyl groups excluding tert-OH is 1. The van der Waals surface area contributed by atoms with Crippen LogP contribution >= 0.6 is 0 Å². The first-order chi connectivity index (χ1) is 9.36. The highest BCUT2D eigenvalue weighted by atomic mass is 16.3. The maximum atomic E-state index is 9.47. The van der Waals surface area contributed by atoms with E-state index in [2.05, 4.69) is 27.0 Å². The first-order valence-electron chi connectivity index (χ1n) is 6.80. The van der Waals surface area contributed by atoms with Crippen LogP contribution in [-0.2, 0) is 6.54 Å². The molecule has 0 bridgehead atoms. The molecule has 4 nitrogen and oxygen atoms in total. The van der Waals surface area contributed by atoms with Gasteiger partial charge in [0.05, 0.1) is 6.61 Å². The van der Waals surface area contributed by atoms with Crippen LogP contribution in [0.3, 0.4) is 0 Å². The zero-order chi connectivity index (χ0) is 13.1. The van der Waals surface area contributed by atoms with Gasteiger partial charge in [0.15, 0.2) is 0 Å². The fourth-order valence-corrected chi connectivity index (χ4v) is 2.29. The topological polar surface area (TPSA) is 50.1 Å². The summed E-state index contributed by atoms with van der Waals surface area (Å²) in [6.45, 7) is 0.903. The highest BCUT2D eigenvalue weighted by molar-refractivity contribution is 5.55. The fraction of sp³-hybridized carbons (Fsp3) is 0.400. The van der Waals surface area contributed by atoms with Gasteiger partial charge in [-0.3, -0.25) is 0 Å². The minimum Gasteiger partial charge on any atom is -0.395 e. The number of benzene rings is 1. The molecule has 3 rings (SSSR count). The van der Waals surface area contributed by atoms with Gasteiger partial charge in [-0.1, -0.05) is 30.3 Å². The van der Waals surface area contributed by atoms with E-state index in [9.17, 15) is 5.11 Å². The number of nitrogens with zero attached hydrogens (tertiary/aromatic N) is 2. The van der Waals surface area contributed by atoms with Crippen LogP contribution in [0, 0.1) is 0 Å². The van der Waals surface area contributed by atoms with E-state index in [-0.39, 0.29) is 12.6 Å². The van der Waals surface area contributed by atoms with Crippen molar-refractivity contribution >= 4 is 0 Å². The molecule has 0 amide bonds. The highest BCUT2D eigenvalue weighted by Gasteiger charge is 2.24. The number of rotatable bonds is 6. The second-order valence-corrected chi connectivity index (χ2v) is 5.09. The van der Waals surface area contributed by atoms with Gasteiger partial charge in [0.2, 0.25) is 0 Å². The second kappa shape index (κ2) is 5.55. The maximum absolute atomic E-state index is 9.47. The summed E-state index contributed by atoms with van der Waals surface area (Å²) in [4.78, 5) is 4.42. The summed E-state index contributed by atoms with van der Waals surface area (Å²) >= 11 is 0. The van der Waals surface area contributed by atoms with Crippen LogP contribution in [0.1, 0.15) is 12.8 Å². The van der Waals surface area contributed by atoms with Crippen LogP contribution in [0.4, 0.5) is 0 Å². The Morgan fingerprint density at radius 1 is 1.32 bits per heavy atom. The van der Waals surface area contributed by atoms with Crippen molar-refractivity contribution < 1.29 is 5.11 Å². The summed E-state index contributed by atoms with van der Waals surface area (Å²) < 4.78 is 2.10. The first-order valence-corrected chi connectivity index (χ1v) is 6.80. The molecule has 1 atom stereocenters. The van der Waals surface area contributed by atoms with Crippen LogP contribution in [0.25, 0.3) is 11.4 Å². The molecule has 1 aromatic carbocycles. The van der Waals surface area contributed by atoms with Crippen molar-refractivity contribution in [2.75, 3.05) is 6.61 Å². The Morgan fingerprint density at radius 2 is 2.11 bits per heavy atom. The highest BCUT2D eigenvalue weighted by Crippen LogP contribution is 2.21. The van der Waals surface area contributed by atoms with E-state index in [1.807, 2.05) is 30.6 Å². The van der Waals surface area contributed by atoms with Crippen LogP contribution in [-0.4, -0.2) is 33.3 Å². The van der Waals surface area contributed by atoms with Gasteiger partial charge in [-0.2, -0.15) is 0 Å². The van der Waals surface area contributed by atoms with Crippen LogP contribution in [0.15, 0.2) is 42.7 Å². The lowest BCUT2D eigenvalue weighted by Crippen LogP contribution is -2.37. The van der Waals surface area contributed by atoms with Gasteiger partial charge in [0.1, 0.15) is 5.82 Å². The van der Waals surface area contributed by atoms with Crippen molar-refractivity contribution in [2.24, 2.45) is 0 Å². The quantitative estimate of drug-likeness (QED) is 0.827. The average molecular weight is 257 g/mol. The number of hydrogen-bond acceptors (Lipinski definition) is 3. The third-order valence-electron chi connectivity index (χ3n) is 3.43. The summed E-state index contributed by atoms with van der Waals surface area (Å²) in [6.07, 6.45) is 6.24. The predicted octanol–water partition coefficient (Wildman–Crippen LogP) is 1.66. The predicted molar refractivity (Wildman–Crippen MR) is 74.7 cm³/mol. The van der Waals surface area contributed by atoms with Crippen molar-refractivity contribution in [1.82, 2.24) is 14.9 Å². The van der Waals surface area contributed by atoms with Crippen molar-refractivity contribution in [3.8, 4) is 11.4 Å². The van der Waals surface area contributed by atoms with Crippen molar-refractivity contribution in [3.05, 3.63) is 42.7 Å². The third-order valence-corrected chi connectivity index (χ3v) is 3.43. The molecule has 1 aromatic heterocycles. The van der Waals surface area contributed by atoms with Crippen LogP contribution < -0.4 is 5.32 Å². The lowest BCUT2D eigenvalue weighted by molar-refractivity contribution is 0.228. The molecule has 0 radical (unpaired) electrons. The zero-order valence-corrected chi connectivity index (χ0v) is 10.9. The monoisotopic (exact) mass is 257 g/mol. The first kappa shape index (κ1) is 12.4. The molecule has 0 spiro atoms. The Labute approximate surface area is 113 Å². The van der Waals surface area contributed by atoms with E-state index in [0.29, 0.717) is 6.04 Å². The second-order valence-electron chi connectivity index (χ2n) is 5.09. The van der Waals surface area contributed by atoms with Gasteiger partial charge in [0, 0.05) is 36.6 Å². The number of aromatic nitrogens is 2. The van der Waals surface area contributed by atoms with E-state index in [0.717, 1.165) is 17.9 Å². The van der Waals surface area contributed by atoms with E-state index in [1.54, 1.807) is 0 Å². The van der Waals surface area contributed by atoms with Gasteiger partial charge >= 0.3 is 0 Å². The molecule has 19 heavy (non-hydrogen) atoms. The Balaban J connectivity index is 1.75. The molecule has 1 aliphatic carbocycles. The Kier molecular flexibility index (Phi) is 3.62. The molecule has 0 saturated heterocycles. The molecule has 0 aliphatic heterocycles. The minimum absolute atomic E-state index is 0.101. The van der Waals surface area contributed by atoms with Crippen molar-refractivity contribution in [3.63, 3.8) is 0 Å². The van der Waals surface area contributed by atoms with Gasteiger partial charge in [-0.15, -0.1) is 0 Å². The van der Waals surface area contributed by atoms with Gasteiger partial charge < -0.3 is 15.0 Å². The standard InChI is InChI=1S/C15H19N3O/c19-11-14(17-13-6-7-13)10-18-9-8-16-15(18)12-4-2-1-3-5-12/h1-5,8-9,13-14,17,19H,6-7,10-11H2. The van der Waals surface area contributed by atoms with E-state index in [1.165, 1.54) is 12.8 Å². The summed E-state index contributed by atoms with van der Waals surface area (Å²) in [6, 6.07) is 10.8. The summed E-state index contributed by atoms with van der Waals surface area (Å²) in [5.74, 6) is 0.955. The minimum atomic E-state index is 0.101. The van der Waals surface area contributed by atoms with Crippen molar-refractivity contribution in [2.45, 2.75) is 31.5 Å². The molecule has 1 fully saturated rings. The molecule has 4 heteroatoms. The lowest BCUT2D eigenvalue weighted by atomic mass is 10.2. The summed E-state index contributed by atoms with van der Waals surface area (Å²) in [5.41, 5.74) is 1.11. The lowest BCUT2D eigenvalue weighted by Gasteiger charge is -2.18. The number of aliphatic hydroxyl groups is 1. The normalized spacial score (nSPS) is 16.5. The maximum Gasteiger partial charge on any atom is 0.139 e. The molecule has 2 N–H and O–H groups in total. The molecule has 1 saturated carbocycles. The van der Waals surface area contributed by atoms with E-state index in [4.69, 9.17) is 0 Å². The molecule has 1 aliphatic rings. The summed E-state index contributed by atoms with van der Waals surface area (Å²) in [5, 5.41) is 12.9. The van der Waals surface area contributed by atoms with E-state index < -0.39 is 0 Å². The fourth-order valence-electron chi connectivity index (χ4n) is 2.29. The molecule has 1 heterocycles. The Hall–Kier alpha value is -1.65. The van der Waals surface area contributed by atoms with Crippen LogP contribution in [0.2, 0.25) is 0 Å². The van der Waals surface area contributed by atoms with Gasteiger partial charge in [0.25, 0.3) is 0 Å². The Bertz CT molecular complexity index is 519. The molecular formula is C15H19N3O. The number of nitrogens with one attached hydrogen (secondary N) is 1. The molecule has 2 aromatic rings. The Morgan fingerprint density at radius 3 is 2.79 bits per heavy atom. The smallest absolute Gasteiger partial charge is 0.139 e. The zero-order valence-electron chi connectivity index (χ0n) is 10.9. The number of hydrogen-bond donors (Lipinski definition) is 2. The molecule has 100 valence electrons.